The van der Waals surface area contributed by atoms with Crippen molar-refractivity contribution in [1.29, 1.82) is 0 Å². The lowest BCUT2D eigenvalue weighted by atomic mass is 10.1. The molecule has 0 bridgehead atoms. The van der Waals surface area contributed by atoms with Gasteiger partial charge in [-0.1, -0.05) is 24.3 Å². The van der Waals surface area contributed by atoms with Gasteiger partial charge in [0.15, 0.2) is 11.5 Å². The van der Waals surface area contributed by atoms with E-state index in [2.05, 4.69) is 0 Å². The molecule has 0 fully saturated rings. The van der Waals surface area contributed by atoms with Crippen molar-refractivity contribution >= 4 is 0 Å². The van der Waals surface area contributed by atoms with Gasteiger partial charge in [0.1, 0.15) is 0 Å². The molecule has 0 saturated heterocycles. The predicted molar refractivity (Wildman–Crippen MR) is 77.5 cm³/mol. The second-order valence-electron chi connectivity index (χ2n) is 4.11. The molecule has 0 aliphatic rings. The van der Waals surface area contributed by atoms with Crippen LogP contribution >= 0.6 is 0 Å². The topological polar surface area (TPSA) is 52.6 Å². The van der Waals surface area contributed by atoms with E-state index in [0.29, 0.717) is 0 Å². The molecule has 2 aromatic carbocycles. The third-order valence-electron chi connectivity index (χ3n) is 2.92. The van der Waals surface area contributed by atoms with Crippen molar-refractivity contribution in [3.05, 3.63) is 69.0 Å². The largest absolute Gasteiger partial charge is 0.493 e. The molecule has 20 heavy (non-hydrogen) atoms. The van der Waals surface area contributed by atoms with Crippen molar-refractivity contribution < 1.29 is 9.47 Å². The first kappa shape index (κ1) is 13.8. The van der Waals surface area contributed by atoms with E-state index >= 15 is 0 Å². The Balaban J connectivity index is 2.58. The molecule has 0 N–H and O–H groups in total. The van der Waals surface area contributed by atoms with Gasteiger partial charge in [-0.2, -0.15) is 0 Å². The predicted octanol–water partition coefficient (Wildman–Crippen LogP) is 2.09. The second kappa shape index (κ2) is 6.02. The number of methoxy groups -OCH3 is 2. The Morgan fingerprint density at radius 3 is 1.30 bits per heavy atom. The summed E-state index contributed by atoms with van der Waals surface area (Å²) < 4.78 is 9.97. The number of hydrogen-bond donors (Lipinski definition) is 0. The number of rotatable bonds is 3. The highest BCUT2D eigenvalue weighted by Gasteiger charge is 2.01. The smallest absolute Gasteiger partial charge is 0.220 e. The minimum Gasteiger partial charge on any atom is -0.493 e. The van der Waals surface area contributed by atoms with Crippen LogP contribution in [0.5, 0.6) is 11.5 Å². The molecule has 0 aliphatic carbocycles. The van der Waals surface area contributed by atoms with E-state index in [0.717, 1.165) is 11.1 Å². The summed E-state index contributed by atoms with van der Waals surface area (Å²) in [5, 5.41) is 0. The fourth-order valence-electron chi connectivity index (χ4n) is 1.82. The van der Waals surface area contributed by atoms with Crippen LogP contribution in [0.25, 0.3) is 11.1 Å². The molecule has 0 atom stereocenters. The van der Waals surface area contributed by atoms with E-state index in [9.17, 15) is 9.59 Å². The van der Waals surface area contributed by atoms with Crippen molar-refractivity contribution in [2.24, 2.45) is 0 Å². The molecule has 4 heteroatoms. The van der Waals surface area contributed by atoms with Gasteiger partial charge in [0, 0.05) is 0 Å². The maximum absolute atomic E-state index is 11.7. The van der Waals surface area contributed by atoms with Crippen LogP contribution < -0.4 is 20.3 Å². The highest BCUT2D eigenvalue weighted by molar-refractivity contribution is 5.63. The van der Waals surface area contributed by atoms with Gasteiger partial charge < -0.3 is 9.47 Å². The summed E-state index contributed by atoms with van der Waals surface area (Å²) in [4.78, 5) is 23.3. The van der Waals surface area contributed by atoms with Crippen LogP contribution in [0, 0.1) is 0 Å². The van der Waals surface area contributed by atoms with E-state index < -0.39 is 0 Å². The summed E-state index contributed by atoms with van der Waals surface area (Å²) in [6.45, 7) is 0. The van der Waals surface area contributed by atoms with Gasteiger partial charge >= 0.3 is 0 Å². The summed E-state index contributed by atoms with van der Waals surface area (Å²) >= 11 is 0. The fraction of sp³-hybridized carbons (Fsp3) is 0.125. The Kier molecular flexibility index (Phi) is 4.15. The molecule has 0 spiro atoms. The lowest BCUT2D eigenvalue weighted by Crippen LogP contribution is -1.98. The van der Waals surface area contributed by atoms with E-state index in [4.69, 9.17) is 9.47 Å². The Morgan fingerprint density at radius 2 is 0.950 bits per heavy atom. The zero-order chi connectivity index (χ0) is 14.5. The van der Waals surface area contributed by atoms with Crippen molar-refractivity contribution in [2.75, 3.05) is 14.2 Å². The van der Waals surface area contributed by atoms with Crippen LogP contribution in [-0.2, 0) is 0 Å². The minimum atomic E-state index is -0.193. The molecule has 0 aliphatic heterocycles. The van der Waals surface area contributed by atoms with Gasteiger partial charge in [-0.05, 0) is 35.4 Å². The molecule has 0 saturated carbocycles. The normalized spacial score (nSPS) is 9.90. The third-order valence-corrected chi connectivity index (χ3v) is 2.92. The molecular weight excluding hydrogens is 256 g/mol. The minimum absolute atomic E-state index is 0.193. The van der Waals surface area contributed by atoms with E-state index in [1.807, 2.05) is 0 Å². The zero-order valence-corrected chi connectivity index (χ0v) is 11.3. The monoisotopic (exact) mass is 270 g/mol. The van der Waals surface area contributed by atoms with Gasteiger partial charge in [0.2, 0.25) is 10.9 Å². The van der Waals surface area contributed by atoms with Crippen LogP contribution in [-0.4, -0.2) is 14.2 Å². The Labute approximate surface area is 116 Å². The maximum Gasteiger partial charge on any atom is 0.220 e. The average Bonchev–Trinajstić information content (AvgIpc) is 2.75. The Morgan fingerprint density at radius 1 is 0.600 bits per heavy atom. The Hall–Kier alpha value is -2.62. The summed E-state index contributed by atoms with van der Waals surface area (Å²) in [5.41, 5.74) is 1.23. The molecular formula is C16H14O4. The molecule has 102 valence electrons. The molecule has 4 nitrogen and oxygen atoms in total. The van der Waals surface area contributed by atoms with Crippen molar-refractivity contribution in [1.82, 2.24) is 0 Å². The van der Waals surface area contributed by atoms with Gasteiger partial charge in [-0.25, -0.2) is 0 Å². The van der Waals surface area contributed by atoms with Crippen LogP contribution in [0.1, 0.15) is 0 Å². The summed E-state index contributed by atoms with van der Waals surface area (Å²) in [6, 6.07) is 13.0. The first-order valence-corrected chi connectivity index (χ1v) is 6.03. The molecule has 2 aromatic rings. The summed E-state index contributed by atoms with van der Waals surface area (Å²) in [7, 11) is 2.90. The van der Waals surface area contributed by atoms with Crippen molar-refractivity contribution in [3.63, 3.8) is 0 Å². The molecule has 0 unspecified atom stereocenters. The summed E-state index contributed by atoms with van der Waals surface area (Å²) in [5.74, 6) is 0.553. The van der Waals surface area contributed by atoms with Crippen LogP contribution in [0.4, 0.5) is 0 Å². The van der Waals surface area contributed by atoms with E-state index in [-0.39, 0.29) is 22.4 Å². The van der Waals surface area contributed by atoms with Gasteiger partial charge in [0.05, 0.1) is 14.2 Å². The van der Waals surface area contributed by atoms with E-state index in [1.165, 1.54) is 26.4 Å². The van der Waals surface area contributed by atoms with Gasteiger partial charge in [-0.15, -0.1) is 0 Å². The number of hydrogen-bond acceptors (Lipinski definition) is 4. The standard InChI is InChI=1S/C16H14O4/c1-19-15-9-5-11(3-7-13(15)17)12-4-8-14(18)16(20-2)10-6-12/h3-10H,1-2H3. The number of ether oxygens (including phenoxy) is 2. The van der Waals surface area contributed by atoms with Crippen molar-refractivity contribution in [3.8, 4) is 22.6 Å². The lowest BCUT2D eigenvalue weighted by molar-refractivity contribution is 0.411. The fourth-order valence-corrected chi connectivity index (χ4v) is 1.82. The quantitative estimate of drug-likeness (QED) is 0.857. The Bertz CT molecular complexity index is 673. The SMILES string of the molecule is COc1ccc(-c2ccc(OC)c(=O)cc2)ccc1=O. The van der Waals surface area contributed by atoms with Gasteiger partial charge in [-0.3, -0.25) is 9.59 Å². The third kappa shape index (κ3) is 2.85. The highest BCUT2D eigenvalue weighted by atomic mass is 16.5. The molecule has 0 aromatic heterocycles. The first-order chi connectivity index (χ1) is 9.65. The maximum atomic E-state index is 11.7. The lowest BCUT2D eigenvalue weighted by Gasteiger charge is -1.94. The van der Waals surface area contributed by atoms with Crippen LogP contribution in [0.15, 0.2) is 58.1 Å². The van der Waals surface area contributed by atoms with Gasteiger partial charge in [0.25, 0.3) is 0 Å². The second-order valence-corrected chi connectivity index (χ2v) is 4.11. The molecule has 0 amide bonds. The highest BCUT2D eigenvalue weighted by Crippen LogP contribution is 2.18. The zero-order valence-electron chi connectivity index (χ0n) is 11.3. The average molecular weight is 270 g/mol. The van der Waals surface area contributed by atoms with E-state index in [1.54, 1.807) is 36.4 Å². The van der Waals surface area contributed by atoms with Crippen molar-refractivity contribution in [2.45, 2.75) is 0 Å². The molecule has 0 heterocycles. The van der Waals surface area contributed by atoms with Crippen LogP contribution in [0.3, 0.4) is 0 Å². The summed E-state index contributed by atoms with van der Waals surface area (Å²) in [6.07, 6.45) is 0. The molecule has 2 rings (SSSR count). The van der Waals surface area contributed by atoms with Crippen LogP contribution in [0.2, 0.25) is 0 Å². The molecule has 0 radical (unpaired) electrons. The first-order valence-electron chi connectivity index (χ1n) is 6.03.